The first-order chi connectivity index (χ1) is 17.8. The maximum absolute atomic E-state index is 13.6. The monoisotopic (exact) mass is 533 g/mol. The highest BCUT2D eigenvalue weighted by Crippen LogP contribution is 2.68. The Hall–Kier alpha value is -2.16. The third-order valence-electron chi connectivity index (χ3n) is 11.3. The fourth-order valence-electron chi connectivity index (χ4n) is 9.42. The highest BCUT2D eigenvalue weighted by Gasteiger charge is 2.61. The van der Waals surface area contributed by atoms with Gasteiger partial charge >= 0.3 is 6.36 Å². The van der Waals surface area contributed by atoms with Gasteiger partial charge in [0.25, 0.3) is 0 Å². The van der Waals surface area contributed by atoms with Crippen molar-refractivity contribution in [1.82, 2.24) is 15.0 Å². The zero-order valence-electron chi connectivity index (χ0n) is 22.4. The van der Waals surface area contributed by atoms with E-state index in [1.807, 2.05) is 6.92 Å². The molecule has 8 atom stereocenters. The van der Waals surface area contributed by atoms with Crippen molar-refractivity contribution in [3.8, 4) is 5.75 Å². The molecule has 0 bridgehead atoms. The Bertz CT molecular complexity index is 1240. The zero-order valence-corrected chi connectivity index (χ0v) is 22.4. The molecule has 2 aromatic rings. The molecule has 4 fully saturated rings. The summed E-state index contributed by atoms with van der Waals surface area (Å²) in [5.41, 5.74) is 0.403. The minimum Gasteiger partial charge on any atom is -0.406 e. The van der Waals surface area contributed by atoms with Gasteiger partial charge < -0.3 is 9.84 Å². The minimum absolute atomic E-state index is 0.0279. The van der Waals surface area contributed by atoms with Gasteiger partial charge in [0.2, 0.25) is 0 Å². The molecular weight excluding hydrogens is 495 g/mol. The number of aromatic nitrogens is 3. The van der Waals surface area contributed by atoms with E-state index in [1.54, 1.807) is 0 Å². The molecule has 0 radical (unpaired) electrons. The second-order valence-corrected chi connectivity index (χ2v) is 13.4. The molecule has 6 rings (SSSR count). The van der Waals surface area contributed by atoms with E-state index >= 15 is 0 Å². The number of rotatable bonds is 4. The van der Waals surface area contributed by atoms with Crippen molar-refractivity contribution >= 4 is 16.8 Å². The first-order valence-corrected chi connectivity index (χ1v) is 14.1. The summed E-state index contributed by atoms with van der Waals surface area (Å²) in [6.45, 7) is 6.82. The highest BCUT2D eigenvalue weighted by molar-refractivity contribution is 5.82. The number of fused-ring (bicyclic) bond motifs is 6. The number of halogens is 3. The standard InChI is InChI=1S/C29H38F3N3O3/c1-26(37)12-13-27(2)17(15-26)4-6-19-20-7-8-22(28(20,3)11-10-21(19)27)25(36)16-35-33-23-9-5-18(14-24(23)34-35)38-29(30,31)32/h5,9,14,17,19-22,37H,4,6-8,10-13,15-16H2,1-3H3/t17-,19-,20-,21-,22+,26+,27?,28-/m0/s1. The minimum atomic E-state index is -4.78. The molecule has 0 spiro atoms. The molecule has 4 saturated carbocycles. The van der Waals surface area contributed by atoms with E-state index in [4.69, 9.17) is 0 Å². The van der Waals surface area contributed by atoms with Crippen LogP contribution in [0.1, 0.15) is 78.6 Å². The lowest BCUT2D eigenvalue weighted by atomic mass is 9.44. The van der Waals surface area contributed by atoms with Gasteiger partial charge in [-0.3, -0.25) is 4.79 Å². The topological polar surface area (TPSA) is 77.2 Å². The van der Waals surface area contributed by atoms with E-state index < -0.39 is 12.0 Å². The number of aliphatic hydroxyl groups is 1. The lowest BCUT2D eigenvalue weighted by Crippen LogP contribution is -2.55. The van der Waals surface area contributed by atoms with E-state index in [-0.39, 0.29) is 40.3 Å². The van der Waals surface area contributed by atoms with Gasteiger partial charge in [-0.25, -0.2) is 0 Å². The van der Waals surface area contributed by atoms with Crippen LogP contribution < -0.4 is 4.74 Å². The second kappa shape index (κ2) is 8.67. The molecule has 0 amide bonds. The van der Waals surface area contributed by atoms with Gasteiger partial charge in [0.15, 0.2) is 5.78 Å². The fraction of sp³-hybridized carbons (Fsp3) is 0.759. The lowest BCUT2D eigenvalue weighted by Gasteiger charge is -2.61. The van der Waals surface area contributed by atoms with Crippen LogP contribution in [0.3, 0.4) is 0 Å². The summed E-state index contributed by atoms with van der Waals surface area (Å²) in [4.78, 5) is 15.0. The summed E-state index contributed by atoms with van der Waals surface area (Å²) in [5, 5.41) is 19.4. The Morgan fingerprint density at radius 3 is 2.50 bits per heavy atom. The van der Waals surface area contributed by atoms with Gasteiger partial charge in [-0.05, 0) is 111 Å². The number of carbonyl (C=O) groups excluding carboxylic acids is 1. The first-order valence-electron chi connectivity index (χ1n) is 14.1. The van der Waals surface area contributed by atoms with Crippen molar-refractivity contribution in [1.29, 1.82) is 0 Å². The average molecular weight is 534 g/mol. The molecule has 1 unspecified atom stereocenters. The maximum Gasteiger partial charge on any atom is 0.573 e. The number of benzene rings is 1. The molecular formula is C29H38F3N3O3. The number of Topliss-reactive ketones (excluding diaryl/α,β-unsaturated/α-hetero) is 1. The van der Waals surface area contributed by atoms with Crippen molar-refractivity contribution in [3.63, 3.8) is 0 Å². The largest absolute Gasteiger partial charge is 0.573 e. The quantitative estimate of drug-likeness (QED) is 0.499. The third kappa shape index (κ3) is 4.33. The summed E-state index contributed by atoms with van der Waals surface area (Å²) < 4.78 is 41.7. The molecule has 0 saturated heterocycles. The number of alkyl halides is 3. The van der Waals surface area contributed by atoms with Gasteiger partial charge in [0.1, 0.15) is 23.3 Å². The van der Waals surface area contributed by atoms with Gasteiger partial charge in [0.05, 0.1) is 5.60 Å². The molecule has 1 heterocycles. The van der Waals surface area contributed by atoms with Crippen LogP contribution in [0.2, 0.25) is 0 Å². The molecule has 1 aromatic heterocycles. The molecule has 1 aromatic carbocycles. The average Bonchev–Trinajstić information content (AvgIpc) is 3.37. The summed E-state index contributed by atoms with van der Waals surface area (Å²) in [6.07, 6.45) is 4.59. The van der Waals surface area contributed by atoms with Crippen molar-refractivity contribution in [3.05, 3.63) is 18.2 Å². The Morgan fingerprint density at radius 2 is 1.74 bits per heavy atom. The van der Waals surface area contributed by atoms with Crippen LogP contribution in [-0.4, -0.2) is 37.8 Å². The third-order valence-corrected chi connectivity index (χ3v) is 11.3. The molecule has 38 heavy (non-hydrogen) atoms. The molecule has 1 N–H and O–H groups in total. The summed E-state index contributed by atoms with van der Waals surface area (Å²) in [6, 6.07) is 3.84. The zero-order chi connectivity index (χ0) is 27.1. The van der Waals surface area contributed by atoms with Crippen LogP contribution in [-0.2, 0) is 11.3 Å². The normalized spacial score (nSPS) is 40.9. The Labute approximate surface area is 221 Å². The van der Waals surface area contributed by atoms with E-state index in [0.717, 1.165) is 44.9 Å². The molecule has 208 valence electrons. The number of ether oxygens (including phenoxy) is 1. The van der Waals surface area contributed by atoms with E-state index in [2.05, 4.69) is 28.8 Å². The fourth-order valence-corrected chi connectivity index (χ4v) is 9.42. The van der Waals surface area contributed by atoms with Crippen LogP contribution in [0.15, 0.2) is 18.2 Å². The predicted molar refractivity (Wildman–Crippen MR) is 135 cm³/mol. The van der Waals surface area contributed by atoms with E-state index in [0.29, 0.717) is 29.2 Å². The molecule has 4 aliphatic carbocycles. The number of nitrogens with zero attached hydrogens (tertiary/aromatic N) is 3. The van der Waals surface area contributed by atoms with E-state index in [9.17, 15) is 23.1 Å². The number of carbonyl (C=O) groups is 1. The van der Waals surface area contributed by atoms with Gasteiger partial charge in [-0.15, -0.1) is 13.2 Å². The Morgan fingerprint density at radius 1 is 1.00 bits per heavy atom. The molecule has 0 aliphatic heterocycles. The maximum atomic E-state index is 13.6. The number of ketones is 1. The highest BCUT2D eigenvalue weighted by atomic mass is 19.4. The molecule has 4 aliphatic rings. The SMILES string of the molecule is CC12CC[C@@](C)(O)C[C@@H]1CC[C@@H]1[C@@H]2CC[C@]2(C)[C@@H](C(=O)Cn3nc4ccc(OC(F)(F)F)cc4n3)CC[C@@H]12. The number of hydrogen-bond donors (Lipinski definition) is 1. The lowest BCUT2D eigenvalue weighted by molar-refractivity contribution is -0.274. The predicted octanol–water partition coefficient (Wildman–Crippen LogP) is 6.31. The van der Waals surface area contributed by atoms with E-state index in [1.165, 1.54) is 35.8 Å². The van der Waals surface area contributed by atoms with Crippen molar-refractivity contribution in [2.45, 2.75) is 97.1 Å². The van der Waals surface area contributed by atoms with Gasteiger partial charge in [-0.1, -0.05) is 13.8 Å². The first kappa shape index (κ1) is 26.1. The van der Waals surface area contributed by atoms with Crippen molar-refractivity contribution in [2.75, 3.05) is 0 Å². The summed E-state index contributed by atoms with van der Waals surface area (Å²) in [5.74, 6) is 2.12. The molecule has 6 nitrogen and oxygen atoms in total. The summed E-state index contributed by atoms with van der Waals surface area (Å²) in [7, 11) is 0. The summed E-state index contributed by atoms with van der Waals surface area (Å²) >= 11 is 0. The Kier molecular flexibility index (Phi) is 5.95. The molecule has 9 heteroatoms. The van der Waals surface area contributed by atoms with Crippen LogP contribution in [0, 0.1) is 40.4 Å². The van der Waals surface area contributed by atoms with Crippen LogP contribution in [0.25, 0.3) is 11.0 Å². The Balaban J connectivity index is 1.17. The van der Waals surface area contributed by atoms with Crippen LogP contribution >= 0.6 is 0 Å². The van der Waals surface area contributed by atoms with Crippen molar-refractivity contribution in [2.24, 2.45) is 40.4 Å². The van der Waals surface area contributed by atoms with Crippen LogP contribution in [0.4, 0.5) is 13.2 Å². The number of hydrogen-bond acceptors (Lipinski definition) is 5. The van der Waals surface area contributed by atoms with Crippen molar-refractivity contribution < 1.29 is 27.8 Å². The van der Waals surface area contributed by atoms with Crippen LogP contribution in [0.5, 0.6) is 5.75 Å². The smallest absolute Gasteiger partial charge is 0.406 e. The van der Waals surface area contributed by atoms with Gasteiger partial charge in [0, 0.05) is 12.0 Å². The van der Waals surface area contributed by atoms with Gasteiger partial charge in [-0.2, -0.15) is 15.0 Å². The second-order valence-electron chi connectivity index (χ2n) is 13.4.